The van der Waals surface area contributed by atoms with Crippen LogP contribution in [0.2, 0.25) is 0 Å². The van der Waals surface area contributed by atoms with Crippen LogP contribution < -0.4 is 25.0 Å². The lowest BCUT2D eigenvalue weighted by Crippen LogP contribution is -2.54. The van der Waals surface area contributed by atoms with Gasteiger partial charge in [-0.3, -0.25) is 29.8 Å². The number of imide groups is 2. The quantitative estimate of drug-likeness (QED) is 0.159. The summed E-state index contributed by atoms with van der Waals surface area (Å²) in [6, 6.07) is 12.4. The minimum absolute atomic E-state index is 0.0818. The largest absolute Gasteiger partial charge is 0.493 e. The maximum absolute atomic E-state index is 13.2. The molecule has 13 heteroatoms. The van der Waals surface area contributed by atoms with E-state index >= 15 is 0 Å². The number of anilines is 2. The smallest absolute Gasteiger partial charge is 0.335 e. The number of nitrogens with zero attached hydrogens (tertiary/aromatic N) is 2. The molecule has 5 amide bonds. The van der Waals surface area contributed by atoms with Crippen LogP contribution in [-0.2, 0) is 14.4 Å². The zero-order valence-electron chi connectivity index (χ0n) is 22.0. The van der Waals surface area contributed by atoms with Gasteiger partial charge in [0.2, 0.25) is 0 Å². The van der Waals surface area contributed by atoms with Crippen molar-refractivity contribution in [1.29, 1.82) is 0 Å². The summed E-state index contributed by atoms with van der Waals surface area (Å²) >= 11 is 3.37. The normalized spacial score (nSPS) is 14.1. The highest BCUT2D eigenvalue weighted by molar-refractivity contribution is 9.10. The summed E-state index contributed by atoms with van der Waals surface area (Å²) in [5.74, 6) is -1.92. The number of urea groups is 1. The SMILES string of the molecule is COc1cc(/C=C2/C(=O)NC(=O)N(c3cccc([N+](=O)[O-])c3)C2=O)cc(Br)c1OCC(=O)Nc1ccc(C)c(C)c1. The lowest BCUT2D eigenvalue weighted by atomic mass is 10.1. The Morgan fingerprint density at radius 3 is 2.54 bits per heavy atom. The van der Waals surface area contributed by atoms with Crippen molar-refractivity contribution >= 4 is 62.8 Å². The van der Waals surface area contributed by atoms with E-state index in [-0.39, 0.29) is 29.5 Å². The van der Waals surface area contributed by atoms with E-state index in [1.54, 1.807) is 6.07 Å². The molecule has 1 fully saturated rings. The van der Waals surface area contributed by atoms with Gasteiger partial charge in [0.15, 0.2) is 18.1 Å². The topological polar surface area (TPSA) is 157 Å². The van der Waals surface area contributed by atoms with Crippen molar-refractivity contribution in [1.82, 2.24) is 5.32 Å². The van der Waals surface area contributed by atoms with E-state index in [4.69, 9.17) is 9.47 Å². The average molecular weight is 623 g/mol. The van der Waals surface area contributed by atoms with Gasteiger partial charge in [-0.05, 0) is 82.9 Å². The molecule has 41 heavy (non-hydrogen) atoms. The number of halogens is 1. The van der Waals surface area contributed by atoms with Crippen LogP contribution in [0.25, 0.3) is 6.08 Å². The van der Waals surface area contributed by atoms with Gasteiger partial charge in [0.1, 0.15) is 5.57 Å². The van der Waals surface area contributed by atoms with Crippen molar-refractivity contribution in [2.75, 3.05) is 23.9 Å². The molecule has 210 valence electrons. The van der Waals surface area contributed by atoms with Gasteiger partial charge in [0.05, 0.1) is 22.2 Å². The second kappa shape index (κ2) is 12.0. The molecule has 3 aromatic carbocycles. The molecule has 3 aromatic rings. The van der Waals surface area contributed by atoms with Gasteiger partial charge in [-0.25, -0.2) is 9.69 Å². The number of carbonyl (C=O) groups is 4. The van der Waals surface area contributed by atoms with Crippen LogP contribution >= 0.6 is 15.9 Å². The Labute approximate surface area is 242 Å². The van der Waals surface area contributed by atoms with Gasteiger partial charge >= 0.3 is 6.03 Å². The maximum Gasteiger partial charge on any atom is 0.335 e. The van der Waals surface area contributed by atoms with Crippen molar-refractivity contribution < 1.29 is 33.6 Å². The first-order valence-electron chi connectivity index (χ1n) is 12.0. The van der Waals surface area contributed by atoms with Crippen LogP contribution in [-0.4, -0.2) is 42.4 Å². The first-order chi connectivity index (χ1) is 19.5. The number of rotatable bonds is 8. The van der Waals surface area contributed by atoms with Gasteiger partial charge in [0, 0.05) is 17.8 Å². The number of amides is 5. The fourth-order valence-corrected chi connectivity index (χ4v) is 4.50. The Morgan fingerprint density at radius 1 is 1.10 bits per heavy atom. The van der Waals surface area contributed by atoms with Crippen LogP contribution in [0.15, 0.2) is 64.6 Å². The molecule has 1 heterocycles. The van der Waals surface area contributed by atoms with Gasteiger partial charge < -0.3 is 14.8 Å². The van der Waals surface area contributed by atoms with E-state index in [0.29, 0.717) is 20.6 Å². The molecule has 1 saturated heterocycles. The number of hydrogen-bond acceptors (Lipinski definition) is 8. The molecule has 0 aliphatic carbocycles. The summed E-state index contributed by atoms with van der Waals surface area (Å²) in [5.41, 5.74) is 2.26. The lowest BCUT2D eigenvalue weighted by Gasteiger charge is -2.26. The number of barbiturate groups is 1. The highest BCUT2D eigenvalue weighted by Gasteiger charge is 2.37. The summed E-state index contributed by atoms with van der Waals surface area (Å²) < 4.78 is 11.5. The molecule has 0 unspecified atom stereocenters. The number of non-ortho nitro benzene ring substituents is 1. The van der Waals surface area contributed by atoms with Crippen LogP contribution in [0, 0.1) is 24.0 Å². The Hall–Kier alpha value is -5.04. The lowest BCUT2D eigenvalue weighted by molar-refractivity contribution is -0.384. The Morgan fingerprint density at radius 2 is 1.85 bits per heavy atom. The summed E-state index contributed by atoms with van der Waals surface area (Å²) in [4.78, 5) is 61.8. The van der Waals surface area contributed by atoms with E-state index < -0.39 is 34.2 Å². The fourth-order valence-electron chi connectivity index (χ4n) is 3.92. The van der Waals surface area contributed by atoms with E-state index in [1.165, 1.54) is 43.5 Å². The standard InChI is InChI=1S/C28H23BrN4O8/c1-15-7-8-18(9-16(15)2)30-24(34)14-41-25-22(29)11-17(12-23(25)40-3)10-21-26(35)31-28(37)32(27(21)36)19-5-4-6-20(13-19)33(38)39/h4-13H,14H2,1-3H3,(H,30,34)(H,31,35,37)/b21-10-. The minimum Gasteiger partial charge on any atom is -0.493 e. The second-order valence-corrected chi connectivity index (χ2v) is 9.76. The summed E-state index contributed by atoms with van der Waals surface area (Å²) in [6.07, 6.45) is 1.23. The number of carbonyl (C=O) groups excluding carboxylic acids is 4. The van der Waals surface area contributed by atoms with Gasteiger partial charge in [-0.1, -0.05) is 12.1 Å². The molecule has 2 N–H and O–H groups in total. The maximum atomic E-state index is 13.2. The third kappa shape index (κ3) is 6.41. The van der Waals surface area contributed by atoms with Crippen LogP contribution in [0.4, 0.5) is 21.9 Å². The molecular formula is C28H23BrN4O8. The van der Waals surface area contributed by atoms with Gasteiger partial charge in [-0.15, -0.1) is 0 Å². The molecule has 0 radical (unpaired) electrons. The zero-order chi connectivity index (χ0) is 29.8. The van der Waals surface area contributed by atoms with Crippen molar-refractivity contribution in [2.24, 2.45) is 0 Å². The first kappa shape index (κ1) is 29.0. The monoisotopic (exact) mass is 622 g/mol. The average Bonchev–Trinajstić information content (AvgIpc) is 2.92. The van der Waals surface area contributed by atoms with E-state index in [1.807, 2.05) is 26.0 Å². The number of nitro groups is 1. The third-order valence-electron chi connectivity index (χ3n) is 6.10. The van der Waals surface area contributed by atoms with E-state index in [0.717, 1.165) is 17.2 Å². The molecular weight excluding hydrogens is 600 g/mol. The van der Waals surface area contributed by atoms with Crippen molar-refractivity contribution in [3.8, 4) is 11.5 Å². The predicted molar refractivity (Wildman–Crippen MR) is 153 cm³/mol. The molecule has 1 aliphatic rings. The zero-order valence-corrected chi connectivity index (χ0v) is 23.6. The Bertz CT molecular complexity index is 1640. The number of benzene rings is 3. The van der Waals surface area contributed by atoms with Gasteiger partial charge in [0.25, 0.3) is 23.4 Å². The van der Waals surface area contributed by atoms with Crippen LogP contribution in [0.1, 0.15) is 16.7 Å². The predicted octanol–water partition coefficient (Wildman–Crippen LogP) is 4.67. The highest BCUT2D eigenvalue weighted by atomic mass is 79.9. The van der Waals surface area contributed by atoms with E-state index in [9.17, 15) is 29.3 Å². The number of nitrogens with one attached hydrogen (secondary N) is 2. The minimum atomic E-state index is -1.04. The Balaban J connectivity index is 1.56. The molecule has 0 atom stereocenters. The van der Waals surface area contributed by atoms with Crippen molar-refractivity contribution in [2.45, 2.75) is 13.8 Å². The van der Waals surface area contributed by atoms with Crippen LogP contribution in [0.5, 0.6) is 11.5 Å². The highest BCUT2D eigenvalue weighted by Crippen LogP contribution is 2.37. The number of hydrogen-bond donors (Lipinski definition) is 2. The molecule has 0 bridgehead atoms. The van der Waals surface area contributed by atoms with Crippen molar-refractivity contribution in [3.63, 3.8) is 0 Å². The molecule has 4 rings (SSSR count). The fraction of sp³-hybridized carbons (Fsp3) is 0.143. The number of methoxy groups -OCH3 is 1. The molecule has 0 saturated carbocycles. The summed E-state index contributed by atoms with van der Waals surface area (Å²) in [5, 5.41) is 16.0. The van der Waals surface area contributed by atoms with Gasteiger partial charge in [-0.2, -0.15) is 0 Å². The molecule has 0 spiro atoms. The first-order valence-corrected chi connectivity index (χ1v) is 12.8. The summed E-state index contributed by atoms with van der Waals surface area (Å²) in [6.45, 7) is 3.58. The molecule has 0 aromatic heterocycles. The molecule has 1 aliphatic heterocycles. The summed E-state index contributed by atoms with van der Waals surface area (Å²) in [7, 11) is 1.38. The van der Waals surface area contributed by atoms with Crippen LogP contribution in [0.3, 0.4) is 0 Å². The third-order valence-corrected chi connectivity index (χ3v) is 6.69. The number of nitro benzene ring substituents is 1. The van der Waals surface area contributed by atoms with E-state index in [2.05, 4.69) is 26.6 Å². The second-order valence-electron chi connectivity index (χ2n) is 8.90. The Kier molecular flexibility index (Phi) is 8.48. The number of ether oxygens (including phenoxy) is 2. The van der Waals surface area contributed by atoms with Crippen molar-refractivity contribution in [3.05, 3.63) is 91.4 Å². The number of aryl methyl sites for hydroxylation is 2. The molecule has 12 nitrogen and oxygen atoms in total.